The van der Waals surface area contributed by atoms with Crippen LogP contribution in [0.3, 0.4) is 0 Å². The van der Waals surface area contributed by atoms with E-state index in [1.807, 2.05) is 65.8 Å². The lowest BCUT2D eigenvalue weighted by Gasteiger charge is -2.38. The Kier molecular flexibility index (Phi) is 13.6. The SMILES string of the molecule is Cc1ccc(CCNC(=O)[C@H](CC(F)F)NC(=O)[C@@H]2C3C(CN2C(=O)[C@@H](NC(=O)N[C@H](CN(C)S(C)(=O)=O)C(C)(C)C)C2CCCCC2)C3(C)C)cc1. The summed E-state index contributed by atoms with van der Waals surface area (Å²) in [4.78, 5) is 57.0. The Morgan fingerprint density at radius 2 is 1.62 bits per heavy atom. The molecular weight excluding hydrogens is 707 g/mol. The Morgan fingerprint density at radius 3 is 2.19 bits per heavy atom. The third kappa shape index (κ3) is 10.9. The van der Waals surface area contributed by atoms with Crippen molar-refractivity contribution < 1.29 is 36.4 Å². The molecule has 0 bridgehead atoms. The van der Waals surface area contributed by atoms with E-state index >= 15 is 0 Å². The number of carbonyl (C=O) groups is 4. The molecule has 2 aliphatic carbocycles. The topological polar surface area (TPSA) is 157 Å². The first-order chi connectivity index (χ1) is 24.6. The number of halogens is 2. The average Bonchev–Trinajstić information content (AvgIpc) is 3.36. The third-order valence-electron chi connectivity index (χ3n) is 11.7. The zero-order valence-corrected chi connectivity index (χ0v) is 33.3. The van der Waals surface area contributed by atoms with Crippen molar-refractivity contribution in [1.82, 2.24) is 30.5 Å². The van der Waals surface area contributed by atoms with Crippen LogP contribution in [0.25, 0.3) is 0 Å². The van der Waals surface area contributed by atoms with Gasteiger partial charge in [-0.15, -0.1) is 0 Å². The number of alkyl halides is 2. The van der Waals surface area contributed by atoms with Crippen molar-refractivity contribution in [2.24, 2.45) is 28.6 Å². The van der Waals surface area contributed by atoms with Crippen LogP contribution in [0.4, 0.5) is 13.6 Å². The van der Waals surface area contributed by atoms with Crippen LogP contribution in [0.1, 0.15) is 84.3 Å². The van der Waals surface area contributed by atoms with Crippen LogP contribution in [-0.4, -0.2) is 105 Å². The number of likely N-dealkylation sites (tertiary alicyclic amines) is 1. The van der Waals surface area contributed by atoms with Gasteiger partial charge in [-0.05, 0) is 60.3 Å². The fraction of sp³-hybridized carbons (Fsp3) is 0.737. The number of hydrogen-bond acceptors (Lipinski definition) is 6. The molecule has 0 spiro atoms. The summed E-state index contributed by atoms with van der Waals surface area (Å²) in [5.41, 5.74) is 1.24. The number of rotatable bonds is 15. The molecule has 3 aliphatic rings. The number of likely N-dealkylation sites (N-methyl/N-ethyl adjacent to an activating group) is 1. The number of fused-ring (bicyclic) bond motifs is 1. The number of piperidine rings is 1. The van der Waals surface area contributed by atoms with Crippen LogP contribution in [0, 0.1) is 35.5 Å². The molecular formula is C38H60F2N6O6S. The van der Waals surface area contributed by atoms with Gasteiger partial charge >= 0.3 is 6.03 Å². The summed E-state index contributed by atoms with van der Waals surface area (Å²) in [6.45, 7) is 12.1. The van der Waals surface area contributed by atoms with Gasteiger partial charge in [0.2, 0.25) is 34.2 Å². The van der Waals surface area contributed by atoms with Crippen LogP contribution in [-0.2, 0) is 30.8 Å². The molecule has 0 aromatic heterocycles. The van der Waals surface area contributed by atoms with E-state index in [1.54, 1.807) is 0 Å². The second-order valence-electron chi connectivity index (χ2n) is 17.1. The normalized spacial score (nSPS) is 23.2. The van der Waals surface area contributed by atoms with Crippen LogP contribution in [0.2, 0.25) is 0 Å². The van der Waals surface area contributed by atoms with Gasteiger partial charge in [0.05, 0.1) is 6.26 Å². The summed E-state index contributed by atoms with van der Waals surface area (Å²) in [5.74, 6) is -2.28. The predicted octanol–water partition coefficient (Wildman–Crippen LogP) is 3.83. The number of nitrogens with zero attached hydrogens (tertiary/aromatic N) is 2. The molecule has 6 atom stereocenters. The Hall–Kier alpha value is -3.33. The third-order valence-corrected chi connectivity index (χ3v) is 13.0. The zero-order valence-electron chi connectivity index (χ0n) is 32.5. The van der Waals surface area contributed by atoms with Gasteiger partial charge in [-0.2, -0.15) is 0 Å². The molecule has 15 heteroatoms. The van der Waals surface area contributed by atoms with E-state index < -0.39 is 76.2 Å². The maximum atomic E-state index is 14.6. The first kappa shape index (κ1) is 42.4. The number of nitrogens with one attached hydrogen (secondary N) is 4. The van der Waals surface area contributed by atoms with Crippen molar-refractivity contribution in [1.29, 1.82) is 0 Å². The molecule has 0 radical (unpaired) electrons. The first-order valence-electron chi connectivity index (χ1n) is 18.8. The lowest BCUT2D eigenvalue weighted by Crippen LogP contribution is -2.62. The Morgan fingerprint density at radius 1 is 1.00 bits per heavy atom. The molecule has 12 nitrogen and oxygen atoms in total. The molecule has 2 saturated carbocycles. The highest BCUT2D eigenvalue weighted by Gasteiger charge is 2.69. The summed E-state index contributed by atoms with van der Waals surface area (Å²) in [6, 6.07) is 3.05. The first-order valence-corrected chi connectivity index (χ1v) is 20.7. The van der Waals surface area contributed by atoms with Crippen molar-refractivity contribution >= 4 is 33.8 Å². The summed E-state index contributed by atoms with van der Waals surface area (Å²) < 4.78 is 53.1. The number of urea groups is 1. The van der Waals surface area contributed by atoms with E-state index in [0.29, 0.717) is 19.3 Å². The van der Waals surface area contributed by atoms with E-state index in [4.69, 9.17) is 0 Å². The molecule has 1 saturated heterocycles. The monoisotopic (exact) mass is 766 g/mol. The summed E-state index contributed by atoms with van der Waals surface area (Å²) in [5, 5.41) is 11.1. The minimum Gasteiger partial charge on any atom is -0.354 e. The molecule has 1 aromatic rings. The molecule has 1 heterocycles. The minimum atomic E-state index is -3.53. The summed E-state index contributed by atoms with van der Waals surface area (Å²) in [7, 11) is -2.09. The lowest BCUT2D eigenvalue weighted by atomic mass is 9.83. The Bertz CT molecular complexity index is 1580. The van der Waals surface area contributed by atoms with E-state index in [0.717, 1.165) is 36.6 Å². The number of aryl methyl sites for hydroxylation is 1. The van der Waals surface area contributed by atoms with Crippen molar-refractivity contribution in [3.63, 3.8) is 0 Å². The van der Waals surface area contributed by atoms with Crippen molar-refractivity contribution in [2.45, 2.75) is 117 Å². The van der Waals surface area contributed by atoms with Crippen molar-refractivity contribution in [2.75, 3.05) is 32.9 Å². The van der Waals surface area contributed by atoms with Gasteiger partial charge < -0.3 is 26.2 Å². The summed E-state index contributed by atoms with van der Waals surface area (Å²) in [6.07, 6.45) is 1.97. The standard InChI is InChI=1S/C38H60F2N6O6S/c1-23-14-16-24(17-15-23)18-19-41-33(47)27(20-29(39)40)42-34(48)32-30-26(38(30,5)6)21-46(32)35(49)31(25-12-10-9-11-13-25)44-36(50)43-28(37(2,3)4)22-45(7)53(8,51)52/h14-17,25-32H,9-13,18-22H2,1-8H3,(H,41,47)(H,42,48)(H2,43,44,50)/t26?,27-,28+,30?,31-,32-/m0/s1. The summed E-state index contributed by atoms with van der Waals surface area (Å²) >= 11 is 0. The second kappa shape index (κ2) is 17.0. The number of carbonyl (C=O) groups excluding carboxylic acids is 4. The molecule has 2 unspecified atom stereocenters. The van der Waals surface area contributed by atoms with Crippen molar-refractivity contribution in [3.05, 3.63) is 35.4 Å². The van der Waals surface area contributed by atoms with Gasteiger partial charge in [0.15, 0.2) is 0 Å². The second-order valence-corrected chi connectivity index (χ2v) is 19.1. The number of amides is 5. The minimum absolute atomic E-state index is 0.0169. The Balaban J connectivity index is 1.52. The van der Waals surface area contributed by atoms with E-state index in [-0.39, 0.29) is 42.8 Å². The number of sulfonamides is 1. The highest BCUT2D eigenvalue weighted by molar-refractivity contribution is 7.88. The van der Waals surface area contributed by atoms with Crippen LogP contribution >= 0.6 is 0 Å². The smallest absolute Gasteiger partial charge is 0.315 e. The largest absolute Gasteiger partial charge is 0.354 e. The Labute approximate surface area is 314 Å². The lowest BCUT2D eigenvalue weighted by molar-refractivity contribution is -0.144. The van der Waals surface area contributed by atoms with Gasteiger partial charge in [-0.3, -0.25) is 14.4 Å². The fourth-order valence-electron chi connectivity index (χ4n) is 7.99. The van der Waals surface area contributed by atoms with Crippen LogP contribution in [0.15, 0.2) is 24.3 Å². The van der Waals surface area contributed by atoms with Crippen LogP contribution < -0.4 is 21.3 Å². The fourth-order valence-corrected chi connectivity index (χ4v) is 8.40. The molecule has 53 heavy (non-hydrogen) atoms. The molecule has 3 fully saturated rings. The van der Waals surface area contributed by atoms with Gasteiger partial charge in [-0.1, -0.05) is 83.7 Å². The maximum Gasteiger partial charge on any atom is 0.315 e. The van der Waals surface area contributed by atoms with Crippen molar-refractivity contribution in [3.8, 4) is 0 Å². The van der Waals surface area contributed by atoms with Gasteiger partial charge in [0.25, 0.3) is 0 Å². The maximum absolute atomic E-state index is 14.6. The van der Waals surface area contributed by atoms with E-state index in [1.165, 1.54) is 16.3 Å². The number of hydrogen-bond donors (Lipinski definition) is 4. The predicted molar refractivity (Wildman–Crippen MR) is 199 cm³/mol. The number of benzene rings is 1. The molecule has 1 aromatic carbocycles. The van der Waals surface area contributed by atoms with Gasteiger partial charge in [0, 0.05) is 39.1 Å². The average molecular weight is 767 g/mol. The van der Waals surface area contributed by atoms with E-state index in [2.05, 4.69) is 21.3 Å². The van der Waals surface area contributed by atoms with Crippen LogP contribution in [0.5, 0.6) is 0 Å². The molecule has 4 rings (SSSR count). The molecule has 298 valence electrons. The van der Waals surface area contributed by atoms with Gasteiger partial charge in [-0.25, -0.2) is 26.3 Å². The zero-order chi connectivity index (χ0) is 39.5. The van der Waals surface area contributed by atoms with E-state index in [9.17, 15) is 36.4 Å². The highest BCUT2D eigenvalue weighted by Crippen LogP contribution is 2.65. The molecule has 5 amide bonds. The molecule has 1 aliphatic heterocycles. The highest BCUT2D eigenvalue weighted by atomic mass is 32.2. The molecule has 4 N–H and O–H groups in total. The van der Waals surface area contributed by atoms with Gasteiger partial charge in [0.1, 0.15) is 18.1 Å². The quantitative estimate of drug-likeness (QED) is 0.213.